The van der Waals surface area contributed by atoms with Crippen LogP contribution in [0.1, 0.15) is 13.8 Å². The van der Waals surface area contributed by atoms with Gasteiger partial charge in [-0.15, -0.1) is 0 Å². The van der Waals surface area contributed by atoms with Crippen molar-refractivity contribution in [2.75, 3.05) is 14.1 Å². The van der Waals surface area contributed by atoms with E-state index in [1.807, 2.05) is 0 Å². The molecule has 0 aliphatic heterocycles. The molecule has 0 bridgehead atoms. The predicted octanol–water partition coefficient (Wildman–Crippen LogP) is -0.126. The number of aliphatic hydroxyl groups is 1. The van der Waals surface area contributed by atoms with E-state index in [0.717, 1.165) is 0 Å². The molecular formula is C7H14N2O2. The first-order chi connectivity index (χ1) is 4.95. The molecule has 0 radical (unpaired) electrons. The Morgan fingerprint density at radius 2 is 2.00 bits per heavy atom. The number of carbonyl (C=O) groups excluding carboxylic acids is 1. The SMILES string of the molecule is C/C(=N\C(=O)[C@H](C)O)N(C)C. The second kappa shape index (κ2) is 4.08. The Morgan fingerprint density at radius 1 is 1.55 bits per heavy atom. The lowest BCUT2D eigenvalue weighted by Gasteiger charge is -2.10. The number of hydrogen-bond donors (Lipinski definition) is 1. The minimum atomic E-state index is -1.01. The van der Waals surface area contributed by atoms with Gasteiger partial charge in [-0.25, -0.2) is 0 Å². The monoisotopic (exact) mass is 158 g/mol. The summed E-state index contributed by atoms with van der Waals surface area (Å²) >= 11 is 0. The summed E-state index contributed by atoms with van der Waals surface area (Å²) in [6.45, 7) is 3.11. The van der Waals surface area contributed by atoms with Crippen LogP contribution < -0.4 is 0 Å². The third-order valence-corrected chi connectivity index (χ3v) is 1.28. The topological polar surface area (TPSA) is 52.9 Å². The fraction of sp³-hybridized carbons (Fsp3) is 0.714. The van der Waals surface area contributed by atoms with Crippen molar-refractivity contribution in [1.82, 2.24) is 4.90 Å². The lowest BCUT2D eigenvalue weighted by atomic mass is 10.4. The van der Waals surface area contributed by atoms with Gasteiger partial charge in [-0.05, 0) is 13.8 Å². The normalized spacial score (nSPS) is 14.5. The lowest BCUT2D eigenvalue weighted by Crippen LogP contribution is -2.23. The second-order valence-electron chi connectivity index (χ2n) is 2.57. The summed E-state index contributed by atoms with van der Waals surface area (Å²) in [5, 5.41) is 8.78. The fourth-order valence-electron chi connectivity index (χ4n) is 0.353. The third kappa shape index (κ3) is 3.72. The molecule has 4 nitrogen and oxygen atoms in total. The van der Waals surface area contributed by atoms with Crippen molar-refractivity contribution in [3.05, 3.63) is 0 Å². The number of nitrogens with zero attached hydrogens (tertiary/aromatic N) is 2. The molecule has 0 aromatic heterocycles. The van der Waals surface area contributed by atoms with E-state index < -0.39 is 12.0 Å². The number of hydrogen-bond acceptors (Lipinski definition) is 2. The average Bonchev–Trinajstić information content (AvgIpc) is 1.87. The van der Waals surface area contributed by atoms with Gasteiger partial charge < -0.3 is 10.0 Å². The molecule has 0 spiro atoms. The molecule has 0 rings (SSSR count). The Kier molecular flexibility index (Phi) is 3.74. The lowest BCUT2D eigenvalue weighted by molar-refractivity contribution is -0.124. The van der Waals surface area contributed by atoms with Crippen molar-refractivity contribution in [3.8, 4) is 0 Å². The molecule has 0 saturated carbocycles. The first kappa shape index (κ1) is 10.1. The molecule has 11 heavy (non-hydrogen) atoms. The van der Waals surface area contributed by atoms with E-state index in [0.29, 0.717) is 5.84 Å². The zero-order valence-electron chi connectivity index (χ0n) is 7.33. The highest BCUT2D eigenvalue weighted by Gasteiger charge is 2.07. The highest BCUT2D eigenvalue weighted by atomic mass is 16.3. The molecule has 0 fully saturated rings. The summed E-state index contributed by atoms with van der Waals surface area (Å²) in [5.74, 6) is 0.0899. The number of aliphatic imine (C=N–C) groups is 1. The maximum atomic E-state index is 10.8. The largest absolute Gasteiger partial charge is 0.383 e. The van der Waals surface area contributed by atoms with Gasteiger partial charge in [0.25, 0.3) is 5.91 Å². The third-order valence-electron chi connectivity index (χ3n) is 1.28. The van der Waals surface area contributed by atoms with Gasteiger partial charge in [0, 0.05) is 14.1 Å². The summed E-state index contributed by atoms with van der Waals surface area (Å²) in [4.78, 5) is 16.1. The minimum absolute atomic E-state index is 0.504. The highest BCUT2D eigenvalue weighted by Crippen LogP contribution is 1.89. The van der Waals surface area contributed by atoms with Gasteiger partial charge in [-0.3, -0.25) is 4.79 Å². The van der Waals surface area contributed by atoms with Gasteiger partial charge in [-0.2, -0.15) is 4.99 Å². The number of aliphatic hydroxyl groups excluding tert-OH is 1. The molecule has 1 atom stereocenters. The van der Waals surface area contributed by atoms with Gasteiger partial charge in [0.1, 0.15) is 11.9 Å². The van der Waals surface area contributed by atoms with Crippen molar-refractivity contribution in [2.45, 2.75) is 20.0 Å². The smallest absolute Gasteiger partial charge is 0.275 e. The molecule has 1 N–H and O–H groups in total. The van der Waals surface area contributed by atoms with E-state index in [1.54, 1.807) is 25.9 Å². The van der Waals surface area contributed by atoms with Crippen LogP contribution in [0.3, 0.4) is 0 Å². The first-order valence-corrected chi connectivity index (χ1v) is 3.39. The van der Waals surface area contributed by atoms with Crippen LogP contribution in [0.15, 0.2) is 4.99 Å². The van der Waals surface area contributed by atoms with E-state index in [-0.39, 0.29) is 0 Å². The summed E-state index contributed by atoms with van der Waals surface area (Å²) < 4.78 is 0. The molecule has 0 aliphatic rings. The van der Waals surface area contributed by atoms with E-state index in [4.69, 9.17) is 5.11 Å². The van der Waals surface area contributed by atoms with Crippen molar-refractivity contribution < 1.29 is 9.90 Å². The van der Waals surface area contributed by atoms with Crippen LogP contribution in [-0.2, 0) is 4.79 Å². The van der Waals surface area contributed by atoms with Crippen molar-refractivity contribution in [1.29, 1.82) is 0 Å². The first-order valence-electron chi connectivity index (χ1n) is 3.39. The Hall–Kier alpha value is -0.900. The van der Waals surface area contributed by atoms with Crippen LogP contribution in [0, 0.1) is 0 Å². The summed E-state index contributed by atoms with van der Waals surface area (Å²) in [6.07, 6.45) is -1.01. The summed E-state index contributed by atoms with van der Waals surface area (Å²) in [5.41, 5.74) is 0. The van der Waals surface area contributed by atoms with Crippen molar-refractivity contribution in [2.24, 2.45) is 4.99 Å². The van der Waals surface area contributed by atoms with Crippen LogP contribution in [0.25, 0.3) is 0 Å². The van der Waals surface area contributed by atoms with E-state index in [2.05, 4.69) is 4.99 Å². The quantitative estimate of drug-likeness (QED) is 0.427. The number of carbonyl (C=O) groups is 1. The Labute approximate surface area is 66.5 Å². The Bertz CT molecular complexity index is 173. The van der Waals surface area contributed by atoms with E-state index in [1.165, 1.54) is 6.92 Å². The zero-order chi connectivity index (χ0) is 9.02. The van der Waals surface area contributed by atoms with Crippen LogP contribution in [0.2, 0.25) is 0 Å². The molecule has 4 heteroatoms. The summed E-state index contributed by atoms with van der Waals surface area (Å²) in [6, 6.07) is 0. The molecule has 0 unspecified atom stereocenters. The van der Waals surface area contributed by atoms with Crippen LogP contribution in [0.5, 0.6) is 0 Å². The standard InChI is InChI=1S/C7H14N2O2/c1-5(10)7(11)8-6(2)9(3)4/h5,10H,1-4H3/b8-6+/t5-/m0/s1. The minimum Gasteiger partial charge on any atom is -0.383 e. The second-order valence-corrected chi connectivity index (χ2v) is 2.57. The number of amidine groups is 1. The zero-order valence-corrected chi connectivity index (χ0v) is 7.33. The predicted molar refractivity (Wildman–Crippen MR) is 43.5 cm³/mol. The average molecular weight is 158 g/mol. The Balaban J connectivity index is 4.20. The van der Waals surface area contributed by atoms with Crippen molar-refractivity contribution >= 4 is 11.7 Å². The molecule has 64 valence electrons. The van der Waals surface area contributed by atoms with E-state index >= 15 is 0 Å². The summed E-state index contributed by atoms with van der Waals surface area (Å²) in [7, 11) is 3.57. The fourth-order valence-corrected chi connectivity index (χ4v) is 0.353. The molecule has 0 heterocycles. The van der Waals surface area contributed by atoms with Gasteiger partial charge in [0.15, 0.2) is 0 Å². The molecular weight excluding hydrogens is 144 g/mol. The number of rotatable bonds is 1. The Morgan fingerprint density at radius 3 is 2.27 bits per heavy atom. The highest BCUT2D eigenvalue weighted by molar-refractivity contribution is 5.94. The molecule has 0 aromatic rings. The maximum Gasteiger partial charge on any atom is 0.275 e. The maximum absolute atomic E-state index is 10.8. The van der Waals surface area contributed by atoms with Gasteiger partial charge >= 0.3 is 0 Å². The van der Waals surface area contributed by atoms with Gasteiger partial charge in [-0.1, -0.05) is 0 Å². The molecule has 0 aliphatic carbocycles. The molecule has 0 aromatic carbocycles. The van der Waals surface area contributed by atoms with Crippen LogP contribution >= 0.6 is 0 Å². The molecule has 0 saturated heterocycles. The molecule has 1 amide bonds. The van der Waals surface area contributed by atoms with Crippen LogP contribution in [-0.4, -0.2) is 41.9 Å². The van der Waals surface area contributed by atoms with E-state index in [9.17, 15) is 4.79 Å². The van der Waals surface area contributed by atoms with Gasteiger partial charge in [0.05, 0.1) is 0 Å². The van der Waals surface area contributed by atoms with Gasteiger partial charge in [0.2, 0.25) is 0 Å². The number of amides is 1. The van der Waals surface area contributed by atoms with Crippen LogP contribution in [0.4, 0.5) is 0 Å². The van der Waals surface area contributed by atoms with Crippen molar-refractivity contribution in [3.63, 3.8) is 0 Å².